The van der Waals surface area contributed by atoms with Crippen LogP contribution in [0.3, 0.4) is 0 Å². The van der Waals surface area contributed by atoms with E-state index in [1.807, 2.05) is 37.6 Å². The molecular weight excluding hydrogens is 252 g/mol. The molecule has 0 bridgehead atoms. The lowest BCUT2D eigenvalue weighted by Gasteiger charge is -2.19. The summed E-state index contributed by atoms with van der Waals surface area (Å²) in [5.74, 6) is 1.71. The van der Waals surface area contributed by atoms with Crippen LogP contribution in [-0.4, -0.2) is 30.2 Å². The van der Waals surface area contributed by atoms with Gasteiger partial charge in [-0.25, -0.2) is 9.97 Å². The normalized spacial score (nSPS) is 14.3. The predicted octanol–water partition coefficient (Wildman–Crippen LogP) is 1.59. The molecule has 1 aromatic carbocycles. The minimum absolute atomic E-state index is 0.651. The molecule has 5 heteroatoms. The second-order valence-electron chi connectivity index (χ2n) is 4.80. The van der Waals surface area contributed by atoms with E-state index >= 15 is 0 Å². The first-order chi connectivity index (χ1) is 9.86. The summed E-state index contributed by atoms with van der Waals surface area (Å²) in [6.07, 6.45) is 3.74. The molecule has 0 saturated carbocycles. The van der Waals surface area contributed by atoms with Crippen LogP contribution in [0.2, 0.25) is 0 Å². The molecule has 5 nitrogen and oxygen atoms in total. The minimum atomic E-state index is 0.651. The monoisotopic (exact) mass is 270 g/mol. The van der Waals surface area contributed by atoms with E-state index in [1.54, 1.807) is 0 Å². The number of hydrogen-bond donors (Lipinski definition) is 1. The summed E-state index contributed by atoms with van der Waals surface area (Å²) in [7, 11) is 1.91. The molecule has 2 aromatic rings. The molecule has 0 radical (unpaired) electrons. The van der Waals surface area contributed by atoms with Gasteiger partial charge in [-0.2, -0.15) is 0 Å². The second kappa shape index (κ2) is 5.88. The summed E-state index contributed by atoms with van der Waals surface area (Å²) in [4.78, 5) is 11.1. The smallest absolute Gasteiger partial charge is 0.225 e. The zero-order valence-corrected chi connectivity index (χ0v) is 11.5. The number of hydrogen-bond acceptors (Lipinski definition) is 5. The summed E-state index contributed by atoms with van der Waals surface area (Å²) in [6.45, 7) is 3.01. The van der Waals surface area contributed by atoms with E-state index in [9.17, 15) is 0 Å². The fourth-order valence-electron chi connectivity index (χ4n) is 2.30. The molecule has 0 saturated heterocycles. The highest BCUT2D eigenvalue weighted by Gasteiger charge is 2.16. The van der Waals surface area contributed by atoms with Gasteiger partial charge in [0.15, 0.2) is 0 Å². The molecule has 3 rings (SSSR count). The van der Waals surface area contributed by atoms with Gasteiger partial charge in [0.2, 0.25) is 5.95 Å². The van der Waals surface area contributed by atoms with Crippen molar-refractivity contribution in [2.24, 2.45) is 0 Å². The summed E-state index contributed by atoms with van der Waals surface area (Å²) in [6, 6.07) is 8.12. The van der Waals surface area contributed by atoms with Gasteiger partial charge < -0.3 is 15.0 Å². The maximum absolute atomic E-state index is 5.76. The van der Waals surface area contributed by atoms with Crippen LogP contribution in [0.1, 0.15) is 11.1 Å². The third-order valence-corrected chi connectivity index (χ3v) is 3.31. The van der Waals surface area contributed by atoms with E-state index in [-0.39, 0.29) is 0 Å². The van der Waals surface area contributed by atoms with Crippen LogP contribution in [0.5, 0.6) is 5.75 Å². The van der Waals surface area contributed by atoms with Gasteiger partial charge in [-0.15, -0.1) is 0 Å². The van der Waals surface area contributed by atoms with Gasteiger partial charge in [0.25, 0.3) is 0 Å². The molecule has 20 heavy (non-hydrogen) atoms. The van der Waals surface area contributed by atoms with E-state index in [0.717, 1.165) is 36.9 Å². The van der Waals surface area contributed by atoms with Crippen molar-refractivity contribution in [3.8, 4) is 5.75 Å². The van der Waals surface area contributed by atoms with Crippen LogP contribution < -0.4 is 15.0 Å². The maximum Gasteiger partial charge on any atom is 0.225 e. The average Bonchev–Trinajstić information content (AvgIpc) is 2.70. The molecule has 0 atom stereocenters. The van der Waals surface area contributed by atoms with Crippen molar-refractivity contribution < 1.29 is 4.74 Å². The fourth-order valence-corrected chi connectivity index (χ4v) is 2.30. The summed E-state index contributed by atoms with van der Waals surface area (Å²) in [5, 5.41) is 3.09. The standard InChI is InChI=1S/C15H18N4O/c1-16-8-12-9-17-15(18-10-12)19-6-7-20-14-5-3-2-4-13(14)11-19/h2-5,9-10,16H,6-8,11H2,1H3. The van der Waals surface area contributed by atoms with Crippen LogP contribution in [0.15, 0.2) is 36.7 Å². The molecule has 0 unspecified atom stereocenters. The lowest BCUT2D eigenvalue weighted by Crippen LogP contribution is -2.27. The van der Waals surface area contributed by atoms with Crippen LogP contribution in [-0.2, 0) is 13.1 Å². The predicted molar refractivity (Wildman–Crippen MR) is 77.8 cm³/mol. The van der Waals surface area contributed by atoms with Crippen LogP contribution in [0.4, 0.5) is 5.95 Å². The number of nitrogens with one attached hydrogen (secondary N) is 1. The molecule has 1 N–H and O–H groups in total. The fraction of sp³-hybridized carbons (Fsp3) is 0.333. The van der Waals surface area contributed by atoms with E-state index in [4.69, 9.17) is 4.74 Å². The van der Waals surface area contributed by atoms with Gasteiger partial charge in [0.05, 0.1) is 6.54 Å². The Hall–Kier alpha value is -2.14. The summed E-state index contributed by atoms with van der Waals surface area (Å²) in [5.41, 5.74) is 2.26. The van der Waals surface area contributed by atoms with Gasteiger partial charge in [-0.05, 0) is 13.1 Å². The Labute approximate surface area is 118 Å². The Balaban J connectivity index is 1.80. The number of fused-ring (bicyclic) bond motifs is 1. The van der Waals surface area contributed by atoms with E-state index in [2.05, 4.69) is 26.3 Å². The highest BCUT2D eigenvalue weighted by Crippen LogP contribution is 2.24. The lowest BCUT2D eigenvalue weighted by atomic mass is 10.2. The van der Waals surface area contributed by atoms with E-state index in [1.165, 1.54) is 5.56 Å². The molecule has 1 aliphatic heterocycles. The van der Waals surface area contributed by atoms with E-state index < -0.39 is 0 Å². The third kappa shape index (κ3) is 2.72. The highest BCUT2D eigenvalue weighted by molar-refractivity contribution is 5.40. The largest absolute Gasteiger partial charge is 0.491 e. The van der Waals surface area contributed by atoms with Crippen LogP contribution in [0, 0.1) is 0 Å². The van der Waals surface area contributed by atoms with Crippen molar-refractivity contribution in [2.75, 3.05) is 25.1 Å². The zero-order chi connectivity index (χ0) is 13.8. The quantitative estimate of drug-likeness (QED) is 0.918. The first-order valence-corrected chi connectivity index (χ1v) is 6.78. The third-order valence-electron chi connectivity index (χ3n) is 3.31. The minimum Gasteiger partial charge on any atom is -0.491 e. The summed E-state index contributed by atoms with van der Waals surface area (Å²) < 4.78 is 5.76. The molecule has 0 fully saturated rings. The first kappa shape index (κ1) is 12.9. The number of nitrogens with zero attached hydrogens (tertiary/aromatic N) is 3. The van der Waals surface area contributed by atoms with Crippen molar-refractivity contribution in [2.45, 2.75) is 13.1 Å². The molecule has 0 amide bonds. The lowest BCUT2D eigenvalue weighted by molar-refractivity contribution is 0.331. The number of rotatable bonds is 3. The van der Waals surface area contributed by atoms with Crippen LogP contribution in [0.25, 0.3) is 0 Å². The zero-order valence-electron chi connectivity index (χ0n) is 11.5. The Bertz CT molecular complexity index is 570. The Morgan fingerprint density at radius 1 is 1.25 bits per heavy atom. The average molecular weight is 270 g/mol. The Morgan fingerprint density at radius 3 is 2.85 bits per heavy atom. The van der Waals surface area contributed by atoms with Gasteiger partial charge in [0.1, 0.15) is 12.4 Å². The molecule has 1 aromatic heterocycles. The van der Waals surface area contributed by atoms with Crippen molar-refractivity contribution in [1.82, 2.24) is 15.3 Å². The van der Waals surface area contributed by atoms with Crippen molar-refractivity contribution in [3.63, 3.8) is 0 Å². The molecule has 0 aliphatic carbocycles. The molecule has 2 heterocycles. The number of anilines is 1. The SMILES string of the molecule is CNCc1cnc(N2CCOc3ccccc3C2)nc1. The van der Waals surface area contributed by atoms with Gasteiger partial charge in [-0.1, -0.05) is 18.2 Å². The van der Waals surface area contributed by atoms with Crippen molar-refractivity contribution in [3.05, 3.63) is 47.8 Å². The Kier molecular flexibility index (Phi) is 3.78. The topological polar surface area (TPSA) is 50.3 Å². The number of aromatic nitrogens is 2. The molecular formula is C15H18N4O. The first-order valence-electron chi connectivity index (χ1n) is 6.78. The summed E-state index contributed by atoms with van der Waals surface area (Å²) >= 11 is 0. The number of para-hydroxylation sites is 1. The maximum atomic E-state index is 5.76. The number of benzene rings is 1. The molecule has 104 valence electrons. The van der Waals surface area contributed by atoms with Crippen LogP contribution >= 0.6 is 0 Å². The number of ether oxygens (including phenoxy) is 1. The molecule has 1 aliphatic rings. The Morgan fingerprint density at radius 2 is 2.05 bits per heavy atom. The second-order valence-corrected chi connectivity index (χ2v) is 4.80. The van der Waals surface area contributed by atoms with Crippen molar-refractivity contribution >= 4 is 5.95 Å². The van der Waals surface area contributed by atoms with Gasteiger partial charge in [0, 0.05) is 36.6 Å². The van der Waals surface area contributed by atoms with Gasteiger partial charge >= 0.3 is 0 Å². The molecule has 0 spiro atoms. The van der Waals surface area contributed by atoms with Gasteiger partial charge in [-0.3, -0.25) is 0 Å². The van der Waals surface area contributed by atoms with E-state index in [0.29, 0.717) is 6.61 Å². The highest BCUT2D eigenvalue weighted by atomic mass is 16.5. The van der Waals surface area contributed by atoms with Crippen molar-refractivity contribution in [1.29, 1.82) is 0 Å².